The number of fused-ring (bicyclic) bond motifs is 5. The van der Waals surface area contributed by atoms with Gasteiger partial charge in [-0.2, -0.15) is 0 Å². The molecule has 1 aliphatic carbocycles. The van der Waals surface area contributed by atoms with E-state index in [1.165, 1.54) is 43.8 Å². The molecule has 0 amide bonds. The lowest BCUT2D eigenvalue weighted by molar-refractivity contribution is 0.669. The molecule has 0 bridgehead atoms. The van der Waals surface area contributed by atoms with Gasteiger partial charge in [0.15, 0.2) is 0 Å². The van der Waals surface area contributed by atoms with Gasteiger partial charge in [0.1, 0.15) is 11.2 Å². The third-order valence-corrected chi connectivity index (χ3v) is 6.32. The van der Waals surface area contributed by atoms with E-state index in [1.54, 1.807) is 0 Å². The van der Waals surface area contributed by atoms with Gasteiger partial charge in [0.25, 0.3) is 0 Å². The van der Waals surface area contributed by atoms with E-state index in [1.807, 2.05) is 0 Å². The molecule has 5 aromatic rings. The molecule has 144 valence electrons. The van der Waals surface area contributed by atoms with Crippen molar-refractivity contribution in [3.63, 3.8) is 0 Å². The van der Waals surface area contributed by atoms with Gasteiger partial charge in [-0.05, 0) is 59.0 Å². The Morgan fingerprint density at radius 2 is 1.57 bits per heavy atom. The van der Waals surface area contributed by atoms with Crippen LogP contribution in [-0.2, 0) is 0 Å². The minimum Gasteiger partial charge on any atom is -0.456 e. The predicted molar refractivity (Wildman–Crippen MR) is 127 cm³/mol. The largest absolute Gasteiger partial charge is 0.456 e. The number of rotatable bonds is 2. The fourth-order valence-corrected chi connectivity index (χ4v) is 4.62. The minimum absolute atomic E-state index is 0.481. The van der Waals surface area contributed by atoms with Gasteiger partial charge >= 0.3 is 0 Å². The molecule has 1 aromatic heterocycles. The number of furan rings is 1. The summed E-state index contributed by atoms with van der Waals surface area (Å²) < 4.78 is 6.15. The maximum Gasteiger partial charge on any atom is 0.136 e. The highest BCUT2D eigenvalue weighted by molar-refractivity contribution is 6.19. The van der Waals surface area contributed by atoms with Crippen LogP contribution in [-0.4, -0.2) is 0 Å². The second-order valence-corrected chi connectivity index (χ2v) is 8.24. The Bertz CT molecular complexity index is 1460. The van der Waals surface area contributed by atoms with Crippen LogP contribution in [0.3, 0.4) is 0 Å². The Morgan fingerprint density at radius 3 is 2.40 bits per heavy atom. The smallest absolute Gasteiger partial charge is 0.136 e. The van der Waals surface area contributed by atoms with Gasteiger partial charge in [-0.25, -0.2) is 0 Å². The van der Waals surface area contributed by atoms with Gasteiger partial charge in [0.2, 0.25) is 0 Å². The van der Waals surface area contributed by atoms with Crippen molar-refractivity contribution in [2.45, 2.75) is 19.3 Å². The molecule has 0 saturated heterocycles. The monoisotopic (exact) mass is 386 g/mol. The van der Waals surface area contributed by atoms with Crippen molar-refractivity contribution in [2.75, 3.05) is 0 Å². The van der Waals surface area contributed by atoms with Gasteiger partial charge in [0, 0.05) is 16.7 Å². The third-order valence-electron chi connectivity index (χ3n) is 6.32. The summed E-state index contributed by atoms with van der Waals surface area (Å²) in [7, 11) is 0. The van der Waals surface area contributed by atoms with Crippen LogP contribution in [0.25, 0.3) is 43.8 Å². The normalized spacial score (nSPS) is 16.4. The maximum absolute atomic E-state index is 6.15. The Labute approximate surface area is 175 Å². The van der Waals surface area contributed by atoms with Crippen molar-refractivity contribution in [3.05, 3.63) is 108 Å². The highest BCUT2D eigenvalue weighted by Crippen LogP contribution is 2.37. The summed E-state index contributed by atoms with van der Waals surface area (Å²) in [6.07, 6.45) is 7.95. The summed E-state index contributed by atoms with van der Waals surface area (Å²) in [4.78, 5) is 0. The zero-order chi connectivity index (χ0) is 20.1. The molecular formula is C29H22O. The Balaban J connectivity index is 1.44. The highest BCUT2D eigenvalue weighted by atomic mass is 16.3. The number of hydrogen-bond acceptors (Lipinski definition) is 1. The van der Waals surface area contributed by atoms with Crippen LogP contribution < -0.4 is 0 Å². The highest BCUT2D eigenvalue weighted by Gasteiger charge is 2.13. The minimum atomic E-state index is 0.481. The molecule has 1 heterocycles. The second-order valence-electron chi connectivity index (χ2n) is 8.24. The fraction of sp³-hybridized carbons (Fsp3) is 0.103. The molecule has 0 saturated carbocycles. The first-order valence-corrected chi connectivity index (χ1v) is 10.6. The molecule has 1 nitrogen and oxygen atoms in total. The van der Waals surface area contributed by atoms with E-state index >= 15 is 0 Å². The van der Waals surface area contributed by atoms with Crippen molar-refractivity contribution >= 4 is 32.7 Å². The first-order chi connectivity index (χ1) is 14.8. The average molecular weight is 386 g/mol. The van der Waals surface area contributed by atoms with Crippen molar-refractivity contribution < 1.29 is 4.42 Å². The molecule has 0 aliphatic heterocycles. The SMILES string of the molecule is CC1=CCC(c2ccc(-c3ccc4oc5ccc6ccccc6c5c4c3)cc2)C=C1. The van der Waals surface area contributed by atoms with E-state index in [0.717, 1.165) is 17.6 Å². The fourth-order valence-electron chi connectivity index (χ4n) is 4.62. The summed E-state index contributed by atoms with van der Waals surface area (Å²) >= 11 is 0. The number of benzene rings is 4. The molecule has 0 radical (unpaired) electrons. The van der Waals surface area contributed by atoms with Crippen LogP contribution in [0.15, 0.2) is 107 Å². The number of hydrogen-bond donors (Lipinski definition) is 0. The molecule has 4 aromatic carbocycles. The van der Waals surface area contributed by atoms with Crippen LogP contribution >= 0.6 is 0 Å². The topological polar surface area (TPSA) is 13.1 Å². The van der Waals surface area contributed by atoms with E-state index < -0.39 is 0 Å². The maximum atomic E-state index is 6.15. The second kappa shape index (κ2) is 6.74. The Morgan fingerprint density at radius 1 is 0.767 bits per heavy atom. The van der Waals surface area contributed by atoms with Crippen molar-refractivity contribution in [1.29, 1.82) is 0 Å². The van der Waals surface area contributed by atoms with Gasteiger partial charge in [-0.1, -0.05) is 84.5 Å². The van der Waals surface area contributed by atoms with Crippen LogP contribution in [0.1, 0.15) is 24.8 Å². The van der Waals surface area contributed by atoms with E-state index in [2.05, 4.69) is 104 Å². The molecule has 0 N–H and O–H groups in total. The first kappa shape index (κ1) is 17.3. The van der Waals surface area contributed by atoms with Crippen LogP contribution in [0.5, 0.6) is 0 Å². The molecule has 1 aliphatic rings. The molecule has 30 heavy (non-hydrogen) atoms. The molecule has 1 heteroatoms. The van der Waals surface area contributed by atoms with E-state index in [9.17, 15) is 0 Å². The molecule has 1 unspecified atom stereocenters. The predicted octanol–water partition coefficient (Wildman–Crippen LogP) is 8.40. The molecule has 0 fully saturated rings. The van der Waals surface area contributed by atoms with E-state index in [4.69, 9.17) is 4.42 Å². The van der Waals surface area contributed by atoms with Gasteiger partial charge < -0.3 is 4.42 Å². The first-order valence-electron chi connectivity index (χ1n) is 10.6. The summed E-state index contributed by atoms with van der Waals surface area (Å²) in [5.74, 6) is 0.481. The third kappa shape index (κ3) is 2.78. The average Bonchev–Trinajstić information content (AvgIpc) is 3.18. The van der Waals surface area contributed by atoms with Crippen molar-refractivity contribution in [2.24, 2.45) is 0 Å². The summed E-state index contributed by atoms with van der Waals surface area (Å²) in [5, 5.41) is 4.87. The summed E-state index contributed by atoms with van der Waals surface area (Å²) in [5.41, 5.74) is 7.08. The zero-order valence-electron chi connectivity index (χ0n) is 16.9. The van der Waals surface area contributed by atoms with E-state index in [0.29, 0.717) is 5.92 Å². The van der Waals surface area contributed by atoms with E-state index in [-0.39, 0.29) is 0 Å². The summed E-state index contributed by atoms with van der Waals surface area (Å²) in [6.45, 7) is 2.16. The standard InChI is InChI=1S/C29H22O/c1-19-6-8-20(9-7-19)21-10-12-22(13-11-21)24-15-16-27-26(18-24)29-25-5-3-2-4-23(25)14-17-28(29)30-27/h2-8,10-18,20H,9H2,1H3. The molecule has 6 rings (SSSR count). The summed E-state index contributed by atoms with van der Waals surface area (Å²) in [6, 6.07) is 28.3. The van der Waals surface area contributed by atoms with Gasteiger partial charge in [-0.3, -0.25) is 0 Å². The Kier molecular flexibility index (Phi) is 3.89. The zero-order valence-corrected chi connectivity index (χ0v) is 16.9. The van der Waals surface area contributed by atoms with Crippen LogP contribution in [0.4, 0.5) is 0 Å². The molecule has 1 atom stereocenters. The van der Waals surface area contributed by atoms with Crippen LogP contribution in [0.2, 0.25) is 0 Å². The lowest BCUT2D eigenvalue weighted by atomic mass is 9.89. The van der Waals surface area contributed by atoms with Crippen molar-refractivity contribution in [1.82, 2.24) is 0 Å². The lowest BCUT2D eigenvalue weighted by Crippen LogP contribution is -1.97. The molecule has 0 spiro atoms. The van der Waals surface area contributed by atoms with Gasteiger partial charge in [-0.15, -0.1) is 0 Å². The quantitative estimate of drug-likeness (QED) is 0.297. The van der Waals surface area contributed by atoms with Gasteiger partial charge in [0.05, 0.1) is 0 Å². The van der Waals surface area contributed by atoms with Crippen LogP contribution in [0, 0.1) is 0 Å². The Hall–Kier alpha value is -3.58. The lowest BCUT2D eigenvalue weighted by Gasteiger charge is -2.15. The van der Waals surface area contributed by atoms with Crippen molar-refractivity contribution in [3.8, 4) is 11.1 Å². The number of allylic oxidation sites excluding steroid dienone is 4. The molecular weight excluding hydrogens is 364 g/mol.